The van der Waals surface area contributed by atoms with Crippen molar-refractivity contribution in [1.29, 1.82) is 0 Å². The van der Waals surface area contributed by atoms with Gasteiger partial charge in [0.15, 0.2) is 0 Å². The number of methoxy groups -OCH3 is 1. The summed E-state index contributed by atoms with van der Waals surface area (Å²) < 4.78 is 18.8. The molecule has 2 N–H and O–H groups in total. The van der Waals surface area contributed by atoms with E-state index in [9.17, 15) is 19.1 Å². The number of aliphatic hydroxyl groups is 1. The first kappa shape index (κ1) is 27.9. The Hall–Kier alpha value is -2.39. The Morgan fingerprint density at radius 2 is 1.68 bits per heavy atom. The lowest BCUT2D eigenvalue weighted by Crippen LogP contribution is -2.48. The van der Waals surface area contributed by atoms with Crippen LogP contribution in [0.4, 0.5) is 14.9 Å². The van der Waals surface area contributed by atoms with Crippen molar-refractivity contribution < 1.29 is 23.8 Å². The van der Waals surface area contributed by atoms with E-state index in [0.29, 0.717) is 21.3 Å². The van der Waals surface area contributed by atoms with Crippen molar-refractivity contribution in [1.82, 2.24) is 9.80 Å². The van der Waals surface area contributed by atoms with Gasteiger partial charge >= 0.3 is 6.03 Å². The molecule has 0 unspecified atom stereocenters. The first-order valence-corrected chi connectivity index (χ1v) is 11.5. The molecule has 0 fully saturated rings. The number of halogens is 3. The van der Waals surface area contributed by atoms with Crippen LogP contribution in [0.15, 0.2) is 42.5 Å². The summed E-state index contributed by atoms with van der Waals surface area (Å²) >= 11 is 12.0. The zero-order valence-electron chi connectivity index (χ0n) is 19.6. The van der Waals surface area contributed by atoms with E-state index >= 15 is 0 Å². The van der Waals surface area contributed by atoms with Gasteiger partial charge in [0, 0.05) is 54.5 Å². The number of nitrogens with one attached hydrogen (secondary N) is 1. The summed E-state index contributed by atoms with van der Waals surface area (Å²) in [7, 11) is 3.18. The van der Waals surface area contributed by atoms with Gasteiger partial charge in [-0.2, -0.15) is 0 Å². The van der Waals surface area contributed by atoms with Gasteiger partial charge in [-0.3, -0.25) is 4.79 Å². The molecular formula is C24H30Cl2FN3O4. The minimum absolute atomic E-state index is 0.198. The summed E-state index contributed by atoms with van der Waals surface area (Å²) in [4.78, 5) is 28.7. The third-order valence-corrected chi connectivity index (χ3v) is 5.92. The predicted molar refractivity (Wildman–Crippen MR) is 132 cm³/mol. The Bertz CT molecular complexity index is 957. The number of aliphatic hydroxyl groups excluding tert-OH is 1. The van der Waals surface area contributed by atoms with Crippen LogP contribution in [0.1, 0.15) is 24.2 Å². The third kappa shape index (κ3) is 7.84. The van der Waals surface area contributed by atoms with Crippen LogP contribution in [-0.2, 0) is 4.74 Å². The minimum atomic E-state index is -0.478. The van der Waals surface area contributed by atoms with Gasteiger partial charge in [-0.1, -0.05) is 30.1 Å². The second kappa shape index (κ2) is 12.9. The molecule has 0 aliphatic rings. The number of likely N-dealkylation sites (N-methyl/N-ethyl adjacent to an activating group) is 1. The largest absolute Gasteiger partial charge is 0.394 e. The van der Waals surface area contributed by atoms with Gasteiger partial charge in [0.25, 0.3) is 5.91 Å². The Morgan fingerprint density at radius 3 is 2.21 bits per heavy atom. The number of benzene rings is 2. The first-order valence-electron chi connectivity index (χ1n) is 10.7. The SMILES string of the molecule is CO[C@@H](CN(C)C(=O)c1cc(Cl)cc(Cl)c1)[C@H](C)CN(C(=O)Nc1ccc(F)cc1)[C@@H](C)CO. The number of carbonyl (C=O) groups is 2. The maximum Gasteiger partial charge on any atom is 0.322 e. The van der Waals surface area contributed by atoms with Gasteiger partial charge in [-0.25, -0.2) is 9.18 Å². The molecule has 0 aromatic heterocycles. The summed E-state index contributed by atoms with van der Waals surface area (Å²) in [5, 5.41) is 13.1. The fraction of sp³-hybridized carbons (Fsp3) is 0.417. The van der Waals surface area contributed by atoms with Crippen LogP contribution in [0.2, 0.25) is 10.0 Å². The average Bonchev–Trinajstić information content (AvgIpc) is 2.80. The molecule has 0 saturated heterocycles. The van der Waals surface area contributed by atoms with E-state index in [2.05, 4.69) is 5.32 Å². The first-order chi connectivity index (χ1) is 16.0. The van der Waals surface area contributed by atoms with E-state index in [1.54, 1.807) is 32.2 Å². The fourth-order valence-electron chi connectivity index (χ4n) is 3.46. The molecule has 2 aromatic rings. The molecule has 0 radical (unpaired) electrons. The Balaban J connectivity index is 2.09. The average molecular weight is 514 g/mol. The number of anilines is 1. The molecule has 7 nitrogen and oxygen atoms in total. The van der Waals surface area contributed by atoms with Gasteiger partial charge in [-0.15, -0.1) is 0 Å². The number of urea groups is 1. The zero-order valence-corrected chi connectivity index (χ0v) is 21.1. The summed E-state index contributed by atoms with van der Waals surface area (Å²) in [6, 6.07) is 9.13. The number of rotatable bonds is 10. The van der Waals surface area contributed by atoms with E-state index in [1.807, 2.05) is 6.92 Å². The summed E-state index contributed by atoms with van der Waals surface area (Å²) in [5.74, 6) is -0.877. The molecule has 10 heteroatoms. The molecule has 3 atom stereocenters. The van der Waals surface area contributed by atoms with Crippen molar-refractivity contribution in [3.63, 3.8) is 0 Å². The second-order valence-corrected chi connectivity index (χ2v) is 9.09. The van der Waals surface area contributed by atoms with Crippen LogP contribution in [0.25, 0.3) is 0 Å². The van der Waals surface area contributed by atoms with E-state index in [0.717, 1.165) is 0 Å². The van der Waals surface area contributed by atoms with Crippen molar-refractivity contribution in [3.05, 3.63) is 63.9 Å². The lowest BCUT2D eigenvalue weighted by atomic mass is 10.0. The molecule has 2 aromatic carbocycles. The molecule has 2 rings (SSSR count). The van der Waals surface area contributed by atoms with Crippen molar-refractivity contribution in [2.24, 2.45) is 5.92 Å². The molecule has 0 spiro atoms. The van der Waals surface area contributed by atoms with Crippen molar-refractivity contribution in [2.75, 3.05) is 39.2 Å². The van der Waals surface area contributed by atoms with Crippen LogP contribution in [0, 0.1) is 11.7 Å². The molecular weight excluding hydrogens is 484 g/mol. The zero-order chi connectivity index (χ0) is 25.4. The topological polar surface area (TPSA) is 82.1 Å². The number of hydrogen-bond acceptors (Lipinski definition) is 4. The number of hydrogen-bond donors (Lipinski definition) is 2. The highest BCUT2D eigenvalue weighted by Crippen LogP contribution is 2.21. The van der Waals surface area contributed by atoms with E-state index in [1.165, 1.54) is 41.2 Å². The Kier molecular flexibility index (Phi) is 10.6. The fourth-order valence-corrected chi connectivity index (χ4v) is 3.98. The quantitative estimate of drug-likeness (QED) is 0.479. The molecule has 0 heterocycles. The summed E-state index contributed by atoms with van der Waals surface area (Å²) in [5.41, 5.74) is 0.791. The highest BCUT2D eigenvalue weighted by atomic mass is 35.5. The van der Waals surface area contributed by atoms with Crippen LogP contribution in [-0.4, -0.2) is 72.8 Å². The lowest BCUT2D eigenvalue weighted by molar-refractivity contribution is 0.0183. The van der Waals surface area contributed by atoms with Crippen molar-refractivity contribution in [2.45, 2.75) is 26.0 Å². The van der Waals surface area contributed by atoms with Gasteiger partial charge in [0.05, 0.1) is 18.8 Å². The molecule has 0 aliphatic heterocycles. The molecule has 0 aliphatic carbocycles. The van der Waals surface area contributed by atoms with Crippen LogP contribution in [0.3, 0.4) is 0 Å². The summed E-state index contributed by atoms with van der Waals surface area (Å²) in [6.07, 6.45) is -0.407. The third-order valence-electron chi connectivity index (χ3n) is 5.48. The number of nitrogens with zero attached hydrogens (tertiary/aromatic N) is 2. The van der Waals surface area contributed by atoms with Crippen LogP contribution >= 0.6 is 23.2 Å². The number of amides is 3. The van der Waals surface area contributed by atoms with Crippen LogP contribution < -0.4 is 5.32 Å². The summed E-state index contributed by atoms with van der Waals surface area (Å²) in [6.45, 7) is 3.87. The smallest absolute Gasteiger partial charge is 0.322 e. The van der Waals surface area contributed by atoms with Crippen LogP contribution in [0.5, 0.6) is 0 Å². The minimum Gasteiger partial charge on any atom is -0.394 e. The Labute approximate surface area is 209 Å². The van der Waals surface area contributed by atoms with Gasteiger partial charge in [-0.05, 0) is 49.4 Å². The number of carbonyl (C=O) groups excluding carboxylic acids is 2. The molecule has 0 bridgehead atoms. The highest BCUT2D eigenvalue weighted by Gasteiger charge is 2.28. The maximum atomic E-state index is 13.2. The monoisotopic (exact) mass is 513 g/mol. The number of ether oxygens (including phenoxy) is 1. The van der Waals surface area contributed by atoms with Crippen molar-refractivity contribution >= 4 is 40.8 Å². The van der Waals surface area contributed by atoms with Gasteiger partial charge in [0.1, 0.15) is 5.82 Å². The van der Waals surface area contributed by atoms with Gasteiger partial charge in [0.2, 0.25) is 0 Å². The predicted octanol–water partition coefficient (Wildman–Crippen LogP) is 4.77. The van der Waals surface area contributed by atoms with E-state index < -0.39 is 24.0 Å². The molecule has 3 amide bonds. The van der Waals surface area contributed by atoms with E-state index in [4.69, 9.17) is 27.9 Å². The molecule has 186 valence electrons. The molecule has 0 saturated carbocycles. The second-order valence-electron chi connectivity index (χ2n) is 8.22. The Morgan fingerprint density at radius 1 is 1.09 bits per heavy atom. The lowest BCUT2D eigenvalue weighted by Gasteiger charge is -2.34. The van der Waals surface area contributed by atoms with Gasteiger partial charge < -0.3 is 25.0 Å². The normalized spacial score (nSPS) is 13.6. The standard InChI is InChI=1S/C24H30Cl2FN3O4/c1-15(12-30(16(2)14-31)24(33)28-21-7-5-20(27)6-8-21)22(34-4)13-29(3)23(32)17-9-18(25)11-19(26)10-17/h5-11,15-16,22,31H,12-14H2,1-4H3,(H,28,33)/t15-,16+,22+/m1/s1. The van der Waals surface area contributed by atoms with E-state index in [-0.39, 0.29) is 31.5 Å². The maximum absolute atomic E-state index is 13.2. The highest BCUT2D eigenvalue weighted by molar-refractivity contribution is 6.35. The molecule has 34 heavy (non-hydrogen) atoms. The van der Waals surface area contributed by atoms with Crippen molar-refractivity contribution in [3.8, 4) is 0 Å².